The Bertz CT molecular complexity index is 1100. The molecule has 1 N–H and O–H groups in total. The minimum absolute atomic E-state index is 0.0395. The van der Waals surface area contributed by atoms with E-state index in [1.807, 2.05) is 55.4 Å². The summed E-state index contributed by atoms with van der Waals surface area (Å²) in [6.07, 6.45) is 3.75. The number of carbonyl (C=O) groups is 1. The summed E-state index contributed by atoms with van der Waals surface area (Å²) in [6.45, 7) is 0.454. The number of carbonyl (C=O) groups excluding carboxylic acids is 1. The number of nitrogens with one attached hydrogen (secondary N) is 1. The van der Waals surface area contributed by atoms with Crippen LogP contribution in [0.2, 0.25) is 0 Å². The lowest BCUT2D eigenvalue weighted by molar-refractivity contribution is -0.120. The number of furan rings is 1. The Morgan fingerprint density at radius 2 is 1.96 bits per heavy atom. The van der Waals surface area contributed by atoms with E-state index in [0.717, 1.165) is 38.7 Å². The molecule has 27 heavy (non-hydrogen) atoms. The summed E-state index contributed by atoms with van der Waals surface area (Å²) < 4.78 is 5.66. The average molecular weight is 359 g/mol. The summed E-state index contributed by atoms with van der Waals surface area (Å²) in [7, 11) is 3.89. The molecule has 0 radical (unpaired) electrons. The van der Waals surface area contributed by atoms with E-state index in [0.29, 0.717) is 6.54 Å². The molecule has 2 heterocycles. The van der Waals surface area contributed by atoms with Gasteiger partial charge in [-0.25, -0.2) is 4.98 Å². The normalized spacial score (nSPS) is 11.0. The van der Waals surface area contributed by atoms with Gasteiger partial charge in [0.05, 0.1) is 12.7 Å². The van der Waals surface area contributed by atoms with Gasteiger partial charge in [-0.05, 0) is 28.5 Å². The molecule has 5 nitrogen and oxygen atoms in total. The first-order valence-electron chi connectivity index (χ1n) is 8.88. The van der Waals surface area contributed by atoms with Crippen LogP contribution in [0.3, 0.4) is 0 Å². The number of amides is 1. The van der Waals surface area contributed by atoms with Crippen molar-refractivity contribution in [2.24, 2.45) is 0 Å². The van der Waals surface area contributed by atoms with Gasteiger partial charge in [-0.1, -0.05) is 36.4 Å². The van der Waals surface area contributed by atoms with Crippen molar-refractivity contribution in [3.63, 3.8) is 0 Å². The number of hydrogen-bond acceptors (Lipinski definition) is 4. The van der Waals surface area contributed by atoms with Crippen LogP contribution in [0.1, 0.15) is 11.1 Å². The van der Waals surface area contributed by atoms with E-state index in [4.69, 9.17) is 4.42 Å². The molecule has 4 aromatic rings. The van der Waals surface area contributed by atoms with Crippen molar-refractivity contribution < 1.29 is 9.21 Å². The third-order valence-corrected chi connectivity index (χ3v) is 4.65. The van der Waals surface area contributed by atoms with Crippen molar-refractivity contribution in [3.05, 3.63) is 72.1 Å². The van der Waals surface area contributed by atoms with Crippen LogP contribution in [0.15, 0.2) is 65.4 Å². The lowest BCUT2D eigenvalue weighted by Gasteiger charge is -2.11. The van der Waals surface area contributed by atoms with Crippen LogP contribution in [-0.2, 0) is 17.8 Å². The molecule has 2 aromatic heterocycles. The highest BCUT2D eigenvalue weighted by Gasteiger charge is 2.13. The second kappa shape index (κ2) is 7.11. The smallest absolute Gasteiger partial charge is 0.224 e. The van der Waals surface area contributed by atoms with Crippen molar-refractivity contribution in [2.45, 2.75) is 13.0 Å². The van der Waals surface area contributed by atoms with Gasteiger partial charge in [-0.3, -0.25) is 4.79 Å². The minimum atomic E-state index is -0.0395. The van der Waals surface area contributed by atoms with Gasteiger partial charge >= 0.3 is 0 Å². The largest absolute Gasteiger partial charge is 0.464 e. The summed E-state index contributed by atoms with van der Waals surface area (Å²) in [6, 6.07) is 16.1. The van der Waals surface area contributed by atoms with Gasteiger partial charge in [0.25, 0.3) is 0 Å². The fraction of sp³-hybridized carbons (Fsp3) is 0.182. The van der Waals surface area contributed by atoms with E-state index < -0.39 is 0 Å². The maximum atomic E-state index is 12.5. The number of benzene rings is 2. The Labute approximate surface area is 157 Å². The van der Waals surface area contributed by atoms with Crippen molar-refractivity contribution >= 4 is 33.5 Å². The Morgan fingerprint density at radius 3 is 2.74 bits per heavy atom. The third kappa shape index (κ3) is 3.49. The van der Waals surface area contributed by atoms with Crippen molar-refractivity contribution in [1.82, 2.24) is 10.3 Å². The summed E-state index contributed by atoms with van der Waals surface area (Å²) >= 11 is 0. The molecule has 0 aliphatic heterocycles. The summed E-state index contributed by atoms with van der Waals surface area (Å²) in [5, 5.41) is 6.22. The van der Waals surface area contributed by atoms with Crippen molar-refractivity contribution in [3.8, 4) is 0 Å². The number of nitrogens with zero attached hydrogens (tertiary/aromatic N) is 2. The predicted octanol–water partition coefficient (Wildman–Crippen LogP) is 3.91. The molecule has 0 saturated carbocycles. The third-order valence-electron chi connectivity index (χ3n) is 4.65. The van der Waals surface area contributed by atoms with E-state index in [9.17, 15) is 4.79 Å². The van der Waals surface area contributed by atoms with Gasteiger partial charge in [0, 0.05) is 37.8 Å². The highest BCUT2D eigenvalue weighted by Crippen LogP contribution is 2.30. The molecule has 5 heteroatoms. The van der Waals surface area contributed by atoms with Gasteiger partial charge in [-0.15, -0.1) is 0 Å². The molecule has 4 rings (SSSR count). The van der Waals surface area contributed by atoms with E-state index in [1.165, 1.54) is 0 Å². The molecule has 0 unspecified atom stereocenters. The molecule has 2 aromatic carbocycles. The second-order valence-electron chi connectivity index (χ2n) is 6.79. The summed E-state index contributed by atoms with van der Waals surface area (Å²) in [4.78, 5) is 18.8. The fourth-order valence-corrected chi connectivity index (χ4v) is 3.23. The lowest BCUT2D eigenvalue weighted by Crippen LogP contribution is -2.24. The fourth-order valence-electron chi connectivity index (χ4n) is 3.23. The summed E-state index contributed by atoms with van der Waals surface area (Å²) in [5.74, 6) is 0.851. The standard InChI is InChI=1S/C22H21N3O2/c1-25(2)20-10-7-15(12-23-20)13-24-21(26)11-17-14-27-19-9-8-16-5-3-4-6-18(16)22(17)19/h3-10,12,14H,11,13H2,1-2H3,(H,24,26). The van der Waals surface area contributed by atoms with E-state index in [-0.39, 0.29) is 12.3 Å². The van der Waals surface area contributed by atoms with Gasteiger partial charge in [0.15, 0.2) is 0 Å². The zero-order valence-electron chi connectivity index (χ0n) is 15.4. The molecular formula is C22H21N3O2. The number of aromatic nitrogens is 1. The molecule has 0 aliphatic carbocycles. The summed E-state index contributed by atoms with van der Waals surface area (Å²) in [5.41, 5.74) is 2.68. The van der Waals surface area contributed by atoms with Gasteiger partial charge in [-0.2, -0.15) is 0 Å². The first-order chi connectivity index (χ1) is 13.1. The SMILES string of the molecule is CN(C)c1ccc(CNC(=O)Cc2coc3ccc4ccccc4c23)cn1. The maximum Gasteiger partial charge on any atom is 0.224 e. The number of fused-ring (bicyclic) bond motifs is 3. The van der Waals surface area contributed by atoms with Crippen LogP contribution in [0.25, 0.3) is 21.7 Å². The van der Waals surface area contributed by atoms with Crippen molar-refractivity contribution in [2.75, 3.05) is 19.0 Å². The zero-order valence-corrected chi connectivity index (χ0v) is 15.4. The first kappa shape index (κ1) is 17.1. The molecule has 136 valence electrons. The maximum absolute atomic E-state index is 12.5. The van der Waals surface area contributed by atoms with Crippen molar-refractivity contribution in [1.29, 1.82) is 0 Å². The van der Waals surface area contributed by atoms with Gasteiger partial charge < -0.3 is 14.6 Å². The molecule has 1 amide bonds. The van der Waals surface area contributed by atoms with Crippen LogP contribution in [0.5, 0.6) is 0 Å². The van der Waals surface area contributed by atoms with Gasteiger partial charge in [0.2, 0.25) is 5.91 Å². The molecule has 0 bridgehead atoms. The van der Waals surface area contributed by atoms with Crippen LogP contribution in [0, 0.1) is 0 Å². The molecule has 0 fully saturated rings. The van der Waals surface area contributed by atoms with Crippen LogP contribution >= 0.6 is 0 Å². The lowest BCUT2D eigenvalue weighted by atomic mass is 10.0. The van der Waals surface area contributed by atoms with Crippen LogP contribution in [-0.4, -0.2) is 25.0 Å². The predicted molar refractivity (Wildman–Crippen MR) is 108 cm³/mol. The number of hydrogen-bond donors (Lipinski definition) is 1. The zero-order chi connectivity index (χ0) is 18.8. The molecule has 0 atom stereocenters. The van der Waals surface area contributed by atoms with E-state index >= 15 is 0 Å². The number of anilines is 1. The number of pyridine rings is 1. The Balaban J connectivity index is 1.49. The Kier molecular flexibility index (Phi) is 4.50. The first-order valence-corrected chi connectivity index (χ1v) is 8.88. The average Bonchev–Trinajstić information content (AvgIpc) is 3.10. The topological polar surface area (TPSA) is 58.4 Å². The quantitative estimate of drug-likeness (QED) is 0.587. The minimum Gasteiger partial charge on any atom is -0.464 e. The second-order valence-corrected chi connectivity index (χ2v) is 6.79. The van der Waals surface area contributed by atoms with E-state index in [2.05, 4.69) is 22.4 Å². The molecule has 0 aliphatic rings. The molecule has 0 saturated heterocycles. The highest BCUT2D eigenvalue weighted by atomic mass is 16.3. The number of rotatable bonds is 5. The Morgan fingerprint density at radius 1 is 1.11 bits per heavy atom. The van der Waals surface area contributed by atoms with E-state index in [1.54, 1.807) is 12.5 Å². The molecular weight excluding hydrogens is 338 g/mol. The van der Waals surface area contributed by atoms with Gasteiger partial charge in [0.1, 0.15) is 11.4 Å². The van der Waals surface area contributed by atoms with Crippen LogP contribution < -0.4 is 10.2 Å². The molecule has 0 spiro atoms. The van der Waals surface area contributed by atoms with Crippen LogP contribution in [0.4, 0.5) is 5.82 Å². The monoisotopic (exact) mass is 359 g/mol. The Hall–Kier alpha value is -3.34. The highest BCUT2D eigenvalue weighted by molar-refractivity contribution is 6.08.